The number of halogens is 1. The summed E-state index contributed by atoms with van der Waals surface area (Å²) in [5, 5.41) is 0. The van der Waals surface area contributed by atoms with Gasteiger partial charge in [-0.1, -0.05) is 18.2 Å². The number of carbonyl (C=O) groups excluding carboxylic acids is 1. The molecule has 74 valence electrons. The summed E-state index contributed by atoms with van der Waals surface area (Å²) in [6, 6.07) is 6.33. The number of hydrogen-bond donors (Lipinski definition) is 2. The third-order valence-electron chi connectivity index (χ3n) is 2.71. The van der Waals surface area contributed by atoms with Crippen molar-refractivity contribution in [3.8, 4) is 0 Å². The van der Waals surface area contributed by atoms with Gasteiger partial charge in [0.25, 0.3) is 0 Å². The van der Waals surface area contributed by atoms with Crippen LogP contribution >= 0.6 is 0 Å². The summed E-state index contributed by atoms with van der Waals surface area (Å²) >= 11 is 0. The fourth-order valence-electron chi connectivity index (χ4n) is 1.73. The molecule has 0 aliphatic heterocycles. The van der Waals surface area contributed by atoms with Gasteiger partial charge in [0.05, 0.1) is 5.41 Å². The second-order valence-electron chi connectivity index (χ2n) is 3.54. The lowest BCUT2D eigenvalue weighted by Crippen LogP contribution is -2.39. The average Bonchev–Trinajstić information content (AvgIpc) is 2.98. The molecule has 1 saturated carbocycles. The molecule has 1 aromatic carbocycles. The Kier molecular flexibility index (Phi) is 2.00. The Bertz CT molecular complexity index is 374. The standard InChI is InChI=1S/C10H11FN2O/c11-8-4-2-1-3-7(8)10(5-6-10)9(14)13-12/h1-4H,5-6,12H2,(H,13,14). The summed E-state index contributed by atoms with van der Waals surface area (Å²) in [5.74, 6) is 4.42. The number of nitrogens with one attached hydrogen (secondary N) is 1. The maximum Gasteiger partial charge on any atom is 0.244 e. The van der Waals surface area contributed by atoms with Gasteiger partial charge in [-0.2, -0.15) is 0 Å². The number of rotatable bonds is 2. The van der Waals surface area contributed by atoms with Gasteiger partial charge in [-0.05, 0) is 18.9 Å². The number of benzene rings is 1. The molecule has 14 heavy (non-hydrogen) atoms. The SMILES string of the molecule is NNC(=O)C1(c2ccccc2F)CC1. The molecule has 1 amide bonds. The fourth-order valence-corrected chi connectivity index (χ4v) is 1.73. The molecule has 3 nitrogen and oxygen atoms in total. The molecule has 0 atom stereocenters. The second kappa shape index (κ2) is 3.06. The minimum Gasteiger partial charge on any atom is -0.293 e. The molecule has 0 bridgehead atoms. The highest BCUT2D eigenvalue weighted by atomic mass is 19.1. The molecule has 1 aromatic rings. The van der Waals surface area contributed by atoms with Gasteiger partial charge >= 0.3 is 0 Å². The van der Waals surface area contributed by atoms with E-state index in [9.17, 15) is 9.18 Å². The van der Waals surface area contributed by atoms with Gasteiger partial charge in [-0.3, -0.25) is 10.2 Å². The molecule has 4 heteroatoms. The van der Waals surface area contributed by atoms with E-state index >= 15 is 0 Å². The van der Waals surface area contributed by atoms with Crippen LogP contribution in [0.15, 0.2) is 24.3 Å². The first-order valence-corrected chi connectivity index (χ1v) is 4.47. The lowest BCUT2D eigenvalue weighted by Gasteiger charge is -2.13. The first-order chi connectivity index (χ1) is 6.70. The van der Waals surface area contributed by atoms with Crippen LogP contribution in [0.1, 0.15) is 18.4 Å². The van der Waals surface area contributed by atoms with Crippen molar-refractivity contribution < 1.29 is 9.18 Å². The van der Waals surface area contributed by atoms with E-state index in [0.717, 1.165) is 0 Å². The van der Waals surface area contributed by atoms with Crippen LogP contribution in [0.2, 0.25) is 0 Å². The van der Waals surface area contributed by atoms with Crippen molar-refractivity contribution in [1.29, 1.82) is 0 Å². The first kappa shape index (κ1) is 9.15. The molecular formula is C10H11FN2O. The predicted molar refractivity (Wildman–Crippen MR) is 49.6 cm³/mol. The van der Waals surface area contributed by atoms with Crippen molar-refractivity contribution in [2.45, 2.75) is 18.3 Å². The zero-order valence-corrected chi connectivity index (χ0v) is 7.59. The van der Waals surface area contributed by atoms with Crippen LogP contribution in [0.25, 0.3) is 0 Å². The van der Waals surface area contributed by atoms with Gasteiger partial charge in [0, 0.05) is 5.56 Å². The number of nitrogens with two attached hydrogens (primary N) is 1. The monoisotopic (exact) mass is 194 g/mol. The van der Waals surface area contributed by atoms with Crippen LogP contribution in [-0.2, 0) is 10.2 Å². The zero-order chi connectivity index (χ0) is 10.2. The van der Waals surface area contributed by atoms with E-state index in [1.165, 1.54) is 6.07 Å². The summed E-state index contributed by atoms with van der Waals surface area (Å²) in [4.78, 5) is 11.4. The smallest absolute Gasteiger partial charge is 0.244 e. The molecule has 0 unspecified atom stereocenters. The second-order valence-corrected chi connectivity index (χ2v) is 3.54. The molecule has 1 aliphatic carbocycles. The summed E-state index contributed by atoms with van der Waals surface area (Å²) in [7, 11) is 0. The predicted octanol–water partition coefficient (Wildman–Crippen LogP) is 0.847. The number of carbonyl (C=O) groups is 1. The molecule has 0 spiro atoms. The highest BCUT2D eigenvalue weighted by molar-refractivity contribution is 5.90. The molecule has 0 heterocycles. The van der Waals surface area contributed by atoms with Crippen LogP contribution in [0.3, 0.4) is 0 Å². The Labute approximate surface area is 81.1 Å². The van der Waals surface area contributed by atoms with Crippen LogP contribution in [0, 0.1) is 5.82 Å². The average molecular weight is 194 g/mol. The quantitative estimate of drug-likeness (QED) is 0.416. The highest BCUT2D eigenvalue weighted by Gasteiger charge is 2.52. The van der Waals surface area contributed by atoms with E-state index in [0.29, 0.717) is 18.4 Å². The van der Waals surface area contributed by atoms with Crippen molar-refractivity contribution in [1.82, 2.24) is 5.43 Å². The number of hydrazine groups is 1. The van der Waals surface area contributed by atoms with Gasteiger partial charge in [0.15, 0.2) is 0 Å². The first-order valence-electron chi connectivity index (χ1n) is 4.47. The molecule has 1 fully saturated rings. The zero-order valence-electron chi connectivity index (χ0n) is 7.59. The van der Waals surface area contributed by atoms with Gasteiger partial charge in [-0.15, -0.1) is 0 Å². The summed E-state index contributed by atoms with van der Waals surface area (Å²) in [5.41, 5.74) is 1.83. The van der Waals surface area contributed by atoms with Crippen molar-refractivity contribution in [3.63, 3.8) is 0 Å². The van der Waals surface area contributed by atoms with Crippen LogP contribution in [0.4, 0.5) is 4.39 Å². The van der Waals surface area contributed by atoms with E-state index < -0.39 is 5.41 Å². The van der Waals surface area contributed by atoms with E-state index in [4.69, 9.17) is 5.84 Å². The Morgan fingerprint density at radius 2 is 2.07 bits per heavy atom. The summed E-state index contributed by atoms with van der Waals surface area (Å²) in [6.07, 6.45) is 1.33. The van der Waals surface area contributed by atoms with Crippen molar-refractivity contribution in [2.24, 2.45) is 5.84 Å². The van der Waals surface area contributed by atoms with Gasteiger partial charge in [0.1, 0.15) is 5.82 Å². The lowest BCUT2D eigenvalue weighted by atomic mass is 9.95. The third kappa shape index (κ3) is 1.19. The van der Waals surface area contributed by atoms with Crippen molar-refractivity contribution in [2.75, 3.05) is 0 Å². The number of amides is 1. The van der Waals surface area contributed by atoms with E-state index in [1.54, 1.807) is 18.2 Å². The molecule has 2 rings (SSSR count). The Morgan fingerprint density at radius 3 is 2.57 bits per heavy atom. The largest absolute Gasteiger partial charge is 0.293 e. The van der Waals surface area contributed by atoms with Gasteiger partial charge in [-0.25, -0.2) is 10.2 Å². The Morgan fingerprint density at radius 1 is 1.43 bits per heavy atom. The summed E-state index contributed by atoms with van der Waals surface area (Å²) in [6.45, 7) is 0. The molecular weight excluding hydrogens is 183 g/mol. The topological polar surface area (TPSA) is 55.1 Å². The van der Waals surface area contributed by atoms with Crippen LogP contribution in [0.5, 0.6) is 0 Å². The molecule has 0 saturated heterocycles. The Hall–Kier alpha value is -1.42. The molecule has 3 N–H and O–H groups in total. The van der Waals surface area contributed by atoms with Gasteiger partial charge in [0.2, 0.25) is 5.91 Å². The van der Waals surface area contributed by atoms with Crippen LogP contribution in [-0.4, -0.2) is 5.91 Å². The minimum absolute atomic E-state index is 0.303. The molecule has 0 radical (unpaired) electrons. The minimum atomic E-state index is -0.708. The normalized spacial score (nSPS) is 17.6. The highest BCUT2D eigenvalue weighted by Crippen LogP contribution is 2.48. The summed E-state index contributed by atoms with van der Waals surface area (Å²) < 4.78 is 13.4. The maximum atomic E-state index is 13.4. The van der Waals surface area contributed by atoms with Crippen molar-refractivity contribution >= 4 is 5.91 Å². The maximum absolute atomic E-state index is 13.4. The molecule has 1 aliphatic rings. The van der Waals surface area contributed by atoms with Gasteiger partial charge < -0.3 is 0 Å². The van der Waals surface area contributed by atoms with Crippen LogP contribution < -0.4 is 11.3 Å². The van der Waals surface area contributed by atoms with Crippen molar-refractivity contribution in [3.05, 3.63) is 35.6 Å². The number of hydrogen-bond acceptors (Lipinski definition) is 2. The lowest BCUT2D eigenvalue weighted by molar-refractivity contribution is -0.123. The Balaban J connectivity index is 2.40. The van der Waals surface area contributed by atoms with E-state index in [1.807, 2.05) is 0 Å². The molecule has 0 aromatic heterocycles. The van der Waals surface area contributed by atoms with E-state index in [2.05, 4.69) is 5.43 Å². The third-order valence-corrected chi connectivity index (χ3v) is 2.71. The fraction of sp³-hybridized carbons (Fsp3) is 0.300. The van der Waals surface area contributed by atoms with E-state index in [-0.39, 0.29) is 11.7 Å².